The molecule has 7 heteroatoms. The highest BCUT2D eigenvalue weighted by atomic mass is 32.1. The maximum atomic E-state index is 11.9. The molecule has 1 aromatic rings. The van der Waals surface area contributed by atoms with E-state index in [1.165, 1.54) is 16.2 Å². The Morgan fingerprint density at radius 2 is 2.26 bits per heavy atom. The molecule has 0 aromatic carbocycles. The summed E-state index contributed by atoms with van der Waals surface area (Å²) in [5.74, 6) is -1.13. The van der Waals surface area contributed by atoms with Crippen molar-refractivity contribution in [3.05, 3.63) is 16.6 Å². The molecule has 0 saturated carbocycles. The van der Waals surface area contributed by atoms with E-state index in [9.17, 15) is 9.59 Å². The number of amides is 2. The summed E-state index contributed by atoms with van der Waals surface area (Å²) >= 11 is 1.46. The lowest BCUT2D eigenvalue weighted by Gasteiger charge is -2.24. The number of urea groups is 1. The van der Waals surface area contributed by atoms with Crippen LogP contribution >= 0.6 is 11.3 Å². The molecule has 0 radical (unpaired) electrons. The summed E-state index contributed by atoms with van der Waals surface area (Å²) in [4.78, 5) is 28.6. The van der Waals surface area contributed by atoms with Gasteiger partial charge in [0.2, 0.25) is 0 Å². The number of carboxylic acids is 1. The number of rotatable bonds is 6. The van der Waals surface area contributed by atoms with Gasteiger partial charge in [0.15, 0.2) is 0 Å². The second-order valence-corrected chi connectivity index (χ2v) is 5.21. The van der Waals surface area contributed by atoms with Gasteiger partial charge in [-0.2, -0.15) is 0 Å². The van der Waals surface area contributed by atoms with Gasteiger partial charge in [0.05, 0.1) is 17.7 Å². The van der Waals surface area contributed by atoms with Gasteiger partial charge in [0.1, 0.15) is 6.04 Å². The number of thiazole rings is 1. The summed E-state index contributed by atoms with van der Waals surface area (Å²) < 4.78 is 0. The van der Waals surface area contributed by atoms with Gasteiger partial charge in [-0.15, -0.1) is 11.3 Å². The van der Waals surface area contributed by atoms with Gasteiger partial charge in [0, 0.05) is 12.4 Å². The second kappa shape index (κ2) is 7.08. The minimum absolute atomic E-state index is 0.117. The van der Waals surface area contributed by atoms with Gasteiger partial charge in [-0.25, -0.2) is 14.6 Å². The van der Waals surface area contributed by atoms with Crippen molar-refractivity contribution in [1.82, 2.24) is 15.2 Å². The van der Waals surface area contributed by atoms with Crippen LogP contribution in [0.25, 0.3) is 0 Å². The SMILES string of the molecule is CCC(C)C(NC(=O)N(C)Cc1cscn1)C(=O)O. The first-order valence-corrected chi connectivity index (χ1v) is 7.01. The Hall–Kier alpha value is -1.63. The van der Waals surface area contributed by atoms with Crippen molar-refractivity contribution in [3.63, 3.8) is 0 Å². The van der Waals surface area contributed by atoms with Crippen LogP contribution in [0.2, 0.25) is 0 Å². The van der Waals surface area contributed by atoms with Crippen molar-refractivity contribution in [2.45, 2.75) is 32.9 Å². The van der Waals surface area contributed by atoms with E-state index in [4.69, 9.17) is 5.11 Å². The average molecular weight is 285 g/mol. The van der Waals surface area contributed by atoms with Crippen LogP contribution in [0.4, 0.5) is 4.79 Å². The number of nitrogens with one attached hydrogen (secondary N) is 1. The molecule has 0 aliphatic carbocycles. The Balaban J connectivity index is 2.58. The number of carboxylic acid groups (broad SMARTS) is 1. The predicted octanol–water partition coefficient (Wildman–Crippen LogP) is 1.78. The molecule has 0 aliphatic rings. The molecule has 2 unspecified atom stereocenters. The fourth-order valence-electron chi connectivity index (χ4n) is 1.56. The van der Waals surface area contributed by atoms with Gasteiger partial charge in [-0.1, -0.05) is 20.3 Å². The fourth-order valence-corrected chi connectivity index (χ4v) is 2.11. The first kappa shape index (κ1) is 15.4. The van der Waals surface area contributed by atoms with Crippen molar-refractivity contribution in [1.29, 1.82) is 0 Å². The van der Waals surface area contributed by atoms with E-state index in [2.05, 4.69) is 10.3 Å². The van der Waals surface area contributed by atoms with Crippen molar-refractivity contribution in [3.8, 4) is 0 Å². The molecule has 1 aromatic heterocycles. The van der Waals surface area contributed by atoms with Crippen molar-refractivity contribution >= 4 is 23.3 Å². The average Bonchev–Trinajstić information content (AvgIpc) is 2.86. The minimum atomic E-state index is -1.01. The number of carbonyl (C=O) groups excluding carboxylic acids is 1. The third kappa shape index (κ3) is 4.51. The van der Waals surface area contributed by atoms with E-state index in [1.807, 2.05) is 12.3 Å². The van der Waals surface area contributed by atoms with E-state index >= 15 is 0 Å². The first-order valence-electron chi connectivity index (χ1n) is 6.07. The van der Waals surface area contributed by atoms with Gasteiger partial charge in [-0.3, -0.25) is 0 Å². The third-order valence-electron chi connectivity index (χ3n) is 2.99. The van der Waals surface area contributed by atoms with Crippen LogP contribution in [0.15, 0.2) is 10.9 Å². The summed E-state index contributed by atoms with van der Waals surface area (Å²) in [6.45, 7) is 4.06. The van der Waals surface area contributed by atoms with Crippen molar-refractivity contribution in [2.24, 2.45) is 5.92 Å². The lowest BCUT2D eigenvalue weighted by Crippen LogP contribution is -2.49. The zero-order valence-corrected chi connectivity index (χ0v) is 12.1. The third-order valence-corrected chi connectivity index (χ3v) is 3.62. The normalized spacial score (nSPS) is 13.6. The molecule has 0 aliphatic heterocycles. The molecular formula is C12H19N3O3S. The number of aromatic nitrogens is 1. The molecule has 19 heavy (non-hydrogen) atoms. The topological polar surface area (TPSA) is 82.5 Å². The van der Waals surface area contributed by atoms with E-state index in [0.717, 1.165) is 5.69 Å². The molecule has 0 spiro atoms. The maximum absolute atomic E-state index is 11.9. The van der Waals surface area contributed by atoms with Crippen LogP contribution in [-0.4, -0.2) is 40.1 Å². The second-order valence-electron chi connectivity index (χ2n) is 4.49. The first-order chi connectivity index (χ1) is 8.95. The zero-order valence-electron chi connectivity index (χ0n) is 11.3. The largest absolute Gasteiger partial charge is 0.480 e. The highest BCUT2D eigenvalue weighted by molar-refractivity contribution is 7.07. The Kier molecular flexibility index (Phi) is 5.75. The molecular weight excluding hydrogens is 266 g/mol. The number of nitrogens with zero attached hydrogens (tertiary/aromatic N) is 2. The summed E-state index contributed by atoms with van der Waals surface area (Å²) in [5, 5.41) is 13.5. The lowest BCUT2D eigenvalue weighted by molar-refractivity contribution is -0.140. The van der Waals surface area contributed by atoms with Crippen molar-refractivity contribution in [2.75, 3.05) is 7.05 Å². The number of hydrogen-bond acceptors (Lipinski definition) is 4. The molecule has 1 rings (SSSR count). The number of aliphatic carboxylic acids is 1. The molecule has 0 bridgehead atoms. The molecule has 6 nitrogen and oxygen atoms in total. The standard InChI is InChI=1S/C12H19N3O3S/c1-4-8(2)10(11(16)17)14-12(18)15(3)5-9-6-19-7-13-9/h6-8,10H,4-5H2,1-3H3,(H,14,18)(H,16,17). The van der Waals surface area contributed by atoms with E-state index < -0.39 is 18.0 Å². The molecule has 2 amide bonds. The Labute approximate surface area is 116 Å². The zero-order chi connectivity index (χ0) is 14.4. The Morgan fingerprint density at radius 1 is 1.58 bits per heavy atom. The summed E-state index contributed by atoms with van der Waals surface area (Å²) in [6, 6.07) is -1.27. The lowest BCUT2D eigenvalue weighted by atomic mass is 9.99. The van der Waals surface area contributed by atoms with E-state index in [0.29, 0.717) is 13.0 Å². The highest BCUT2D eigenvalue weighted by Gasteiger charge is 2.26. The van der Waals surface area contributed by atoms with Gasteiger partial charge < -0.3 is 15.3 Å². The van der Waals surface area contributed by atoms with Crippen LogP contribution in [0.3, 0.4) is 0 Å². The molecule has 106 valence electrons. The van der Waals surface area contributed by atoms with Crippen LogP contribution in [0.5, 0.6) is 0 Å². The maximum Gasteiger partial charge on any atom is 0.326 e. The highest BCUT2D eigenvalue weighted by Crippen LogP contribution is 2.09. The quantitative estimate of drug-likeness (QED) is 0.834. The van der Waals surface area contributed by atoms with Gasteiger partial charge in [-0.05, 0) is 5.92 Å². The van der Waals surface area contributed by atoms with Crippen molar-refractivity contribution < 1.29 is 14.7 Å². The van der Waals surface area contributed by atoms with Gasteiger partial charge >= 0.3 is 12.0 Å². The summed E-state index contributed by atoms with van der Waals surface area (Å²) in [7, 11) is 1.62. The molecule has 1 heterocycles. The molecule has 0 saturated heterocycles. The fraction of sp³-hybridized carbons (Fsp3) is 0.583. The van der Waals surface area contributed by atoms with E-state index in [-0.39, 0.29) is 5.92 Å². The molecule has 2 atom stereocenters. The minimum Gasteiger partial charge on any atom is -0.480 e. The molecule has 0 fully saturated rings. The van der Waals surface area contributed by atoms with Gasteiger partial charge in [0.25, 0.3) is 0 Å². The summed E-state index contributed by atoms with van der Waals surface area (Å²) in [6.07, 6.45) is 0.688. The van der Waals surface area contributed by atoms with Crippen LogP contribution < -0.4 is 5.32 Å². The molecule has 2 N–H and O–H groups in total. The van der Waals surface area contributed by atoms with Crippen LogP contribution in [0, 0.1) is 5.92 Å². The smallest absolute Gasteiger partial charge is 0.326 e. The Morgan fingerprint density at radius 3 is 2.74 bits per heavy atom. The van der Waals surface area contributed by atoms with E-state index in [1.54, 1.807) is 19.5 Å². The van der Waals surface area contributed by atoms with Crippen LogP contribution in [-0.2, 0) is 11.3 Å². The number of carbonyl (C=O) groups is 2. The monoisotopic (exact) mass is 285 g/mol. The number of hydrogen-bond donors (Lipinski definition) is 2. The predicted molar refractivity (Wildman–Crippen MR) is 73.0 cm³/mol. The summed E-state index contributed by atoms with van der Waals surface area (Å²) in [5.41, 5.74) is 2.48. The van der Waals surface area contributed by atoms with Crippen LogP contribution in [0.1, 0.15) is 26.0 Å². The Bertz CT molecular complexity index is 422.